The highest BCUT2D eigenvalue weighted by molar-refractivity contribution is 5.82. The minimum Gasteiger partial charge on any atom is -0.493 e. The molecule has 1 fully saturated rings. The van der Waals surface area contributed by atoms with E-state index in [0.29, 0.717) is 35.3 Å². The molecule has 1 aliphatic heterocycles. The summed E-state index contributed by atoms with van der Waals surface area (Å²) >= 11 is 0. The van der Waals surface area contributed by atoms with Crippen LogP contribution in [0.2, 0.25) is 0 Å². The van der Waals surface area contributed by atoms with Crippen molar-refractivity contribution in [3.05, 3.63) is 89.5 Å². The highest BCUT2D eigenvalue weighted by Gasteiger charge is 2.22. The standard InChI is InChI=1S/C32H35N7O3/c1-22-9-12-27(13-10-22)34-30-35-31(38-33-21-26-11-14-28(42-23(2)40)29(20-26)41-3)37-32(36-30)39-17-15-25(16-18-39)19-24-7-5-4-6-8-24/h4-14,20-21,25H,15-19H2,1-3H3,(H2,34,35,36,37,38)/b33-21+. The topological polar surface area (TPSA) is 114 Å². The Morgan fingerprint density at radius 1 is 0.976 bits per heavy atom. The van der Waals surface area contributed by atoms with Crippen molar-refractivity contribution in [3.63, 3.8) is 0 Å². The zero-order valence-corrected chi connectivity index (χ0v) is 24.1. The Morgan fingerprint density at radius 3 is 2.43 bits per heavy atom. The number of hydrazone groups is 1. The van der Waals surface area contributed by atoms with Crippen molar-refractivity contribution in [2.75, 3.05) is 35.8 Å². The SMILES string of the molecule is COc1cc(/C=N/Nc2nc(Nc3ccc(C)cc3)nc(N3CCC(Cc4ccccc4)CC3)n2)ccc1OC(C)=O. The van der Waals surface area contributed by atoms with Gasteiger partial charge in [-0.2, -0.15) is 20.1 Å². The van der Waals surface area contributed by atoms with Crippen molar-refractivity contribution in [1.29, 1.82) is 0 Å². The maximum absolute atomic E-state index is 11.3. The minimum atomic E-state index is -0.419. The van der Waals surface area contributed by atoms with Gasteiger partial charge in [-0.25, -0.2) is 5.43 Å². The lowest BCUT2D eigenvalue weighted by Gasteiger charge is -2.32. The van der Waals surface area contributed by atoms with Crippen LogP contribution < -0.4 is 25.1 Å². The number of nitrogens with zero attached hydrogens (tertiary/aromatic N) is 5. The van der Waals surface area contributed by atoms with Crippen molar-refractivity contribution < 1.29 is 14.3 Å². The van der Waals surface area contributed by atoms with Gasteiger partial charge in [0, 0.05) is 25.7 Å². The molecular weight excluding hydrogens is 530 g/mol. The van der Waals surface area contributed by atoms with Gasteiger partial charge in [-0.15, -0.1) is 0 Å². The van der Waals surface area contributed by atoms with Crippen LogP contribution in [-0.2, 0) is 11.2 Å². The number of carbonyl (C=O) groups excluding carboxylic acids is 1. The van der Waals surface area contributed by atoms with E-state index in [9.17, 15) is 4.79 Å². The lowest BCUT2D eigenvalue weighted by molar-refractivity contribution is -0.132. The van der Waals surface area contributed by atoms with Crippen LogP contribution in [0.15, 0.2) is 77.9 Å². The molecule has 0 aliphatic carbocycles. The van der Waals surface area contributed by atoms with E-state index >= 15 is 0 Å². The summed E-state index contributed by atoms with van der Waals surface area (Å²) in [5, 5.41) is 7.64. The van der Waals surface area contributed by atoms with Crippen LogP contribution in [0.1, 0.15) is 36.5 Å². The Bertz CT molecular complexity index is 1520. The predicted molar refractivity (Wildman–Crippen MR) is 165 cm³/mol. The number of carbonyl (C=O) groups is 1. The largest absolute Gasteiger partial charge is 0.493 e. The Hall–Kier alpha value is -4.99. The van der Waals surface area contributed by atoms with E-state index < -0.39 is 5.97 Å². The van der Waals surface area contributed by atoms with Gasteiger partial charge >= 0.3 is 5.97 Å². The third kappa shape index (κ3) is 7.81. The molecule has 10 nitrogen and oxygen atoms in total. The second-order valence-electron chi connectivity index (χ2n) is 10.3. The number of rotatable bonds is 10. The van der Waals surface area contributed by atoms with Gasteiger partial charge in [0.15, 0.2) is 11.5 Å². The molecule has 2 N–H and O–H groups in total. The summed E-state index contributed by atoms with van der Waals surface area (Å²) in [5.74, 6) is 2.33. The molecule has 1 aromatic heterocycles. The van der Waals surface area contributed by atoms with Gasteiger partial charge < -0.3 is 19.7 Å². The molecule has 2 heterocycles. The average Bonchev–Trinajstić information content (AvgIpc) is 2.99. The second-order valence-corrected chi connectivity index (χ2v) is 10.3. The van der Waals surface area contributed by atoms with Gasteiger partial charge in [0.2, 0.25) is 17.8 Å². The summed E-state index contributed by atoms with van der Waals surface area (Å²) in [6, 6.07) is 23.9. The average molecular weight is 566 g/mol. The van der Waals surface area contributed by atoms with E-state index in [2.05, 4.69) is 56.1 Å². The monoisotopic (exact) mass is 565 g/mol. The van der Waals surface area contributed by atoms with E-state index in [4.69, 9.17) is 19.4 Å². The zero-order chi connectivity index (χ0) is 29.3. The molecule has 42 heavy (non-hydrogen) atoms. The van der Waals surface area contributed by atoms with E-state index in [0.717, 1.165) is 43.6 Å². The zero-order valence-electron chi connectivity index (χ0n) is 24.1. The molecule has 0 unspecified atom stereocenters. The number of methoxy groups -OCH3 is 1. The van der Waals surface area contributed by atoms with Gasteiger partial charge in [-0.1, -0.05) is 48.0 Å². The van der Waals surface area contributed by atoms with E-state index in [-0.39, 0.29) is 0 Å². The summed E-state index contributed by atoms with van der Waals surface area (Å²) in [5.41, 5.74) is 7.12. The van der Waals surface area contributed by atoms with Crippen LogP contribution in [0.4, 0.5) is 23.5 Å². The van der Waals surface area contributed by atoms with Crippen LogP contribution in [0, 0.1) is 12.8 Å². The van der Waals surface area contributed by atoms with Crippen LogP contribution in [0.25, 0.3) is 0 Å². The Kier molecular flexibility index (Phi) is 9.23. The van der Waals surface area contributed by atoms with E-state index in [1.54, 1.807) is 24.4 Å². The maximum Gasteiger partial charge on any atom is 0.308 e. The Balaban J connectivity index is 1.31. The summed E-state index contributed by atoms with van der Waals surface area (Å²) in [6.07, 6.45) is 4.83. The van der Waals surface area contributed by atoms with Crippen molar-refractivity contribution in [2.24, 2.45) is 11.0 Å². The first-order valence-corrected chi connectivity index (χ1v) is 14.0. The van der Waals surface area contributed by atoms with E-state index in [1.165, 1.54) is 25.2 Å². The summed E-state index contributed by atoms with van der Waals surface area (Å²) in [7, 11) is 1.51. The number of hydrogen-bond acceptors (Lipinski definition) is 10. The first-order chi connectivity index (χ1) is 20.4. The number of hydrogen-bond donors (Lipinski definition) is 2. The smallest absolute Gasteiger partial charge is 0.308 e. The Labute approximate surface area is 245 Å². The lowest BCUT2D eigenvalue weighted by atomic mass is 9.90. The fourth-order valence-corrected chi connectivity index (χ4v) is 4.83. The highest BCUT2D eigenvalue weighted by atomic mass is 16.6. The normalized spacial score (nSPS) is 13.6. The van der Waals surface area contributed by atoms with Crippen LogP contribution in [0.3, 0.4) is 0 Å². The molecule has 5 rings (SSSR count). The van der Waals surface area contributed by atoms with Crippen molar-refractivity contribution in [1.82, 2.24) is 15.0 Å². The molecule has 10 heteroatoms. The number of benzene rings is 3. The van der Waals surface area contributed by atoms with Crippen molar-refractivity contribution in [3.8, 4) is 11.5 Å². The fraction of sp³-hybridized carbons (Fsp3) is 0.281. The molecule has 0 saturated carbocycles. The predicted octanol–water partition coefficient (Wildman–Crippen LogP) is 5.76. The molecule has 0 bridgehead atoms. The summed E-state index contributed by atoms with van der Waals surface area (Å²) in [6.45, 7) is 5.12. The number of aromatic nitrogens is 3. The lowest BCUT2D eigenvalue weighted by Crippen LogP contribution is -2.35. The fourth-order valence-electron chi connectivity index (χ4n) is 4.83. The summed E-state index contributed by atoms with van der Waals surface area (Å²) in [4.78, 5) is 27.5. The first kappa shape index (κ1) is 28.5. The third-order valence-electron chi connectivity index (χ3n) is 7.02. The minimum absolute atomic E-state index is 0.320. The summed E-state index contributed by atoms with van der Waals surface area (Å²) < 4.78 is 10.5. The molecular formula is C32H35N7O3. The van der Waals surface area contributed by atoms with Gasteiger partial charge in [-0.3, -0.25) is 4.79 Å². The third-order valence-corrected chi connectivity index (χ3v) is 7.02. The van der Waals surface area contributed by atoms with Gasteiger partial charge in [0.05, 0.1) is 13.3 Å². The highest BCUT2D eigenvalue weighted by Crippen LogP contribution is 2.28. The molecule has 1 aliphatic rings. The van der Waals surface area contributed by atoms with Crippen molar-refractivity contribution in [2.45, 2.75) is 33.1 Å². The van der Waals surface area contributed by atoms with Crippen LogP contribution >= 0.6 is 0 Å². The Morgan fingerprint density at radius 2 is 1.71 bits per heavy atom. The van der Waals surface area contributed by atoms with Crippen LogP contribution in [0.5, 0.6) is 11.5 Å². The number of anilines is 4. The second kappa shape index (κ2) is 13.6. The molecule has 4 aromatic rings. The van der Waals surface area contributed by atoms with E-state index in [1.807, 2.05) is 31.2 Å². The number of esters is 1. The molecule has 1 saturated heterocycles. The molecule has 0 atom stereocenters. The maximum atomic E-state index is 11.3. The molecule has 0 spiro atoms. The number of piperidine rings is 1. The molecule has 3 aromatic carbocycles. The molecule has 0 radical (unpaired) electrons. The van der Waals surface area contributed by atoms with Gasteiger partial charge in [0.25, 0.3) is 0 Å². The first-order valence-electron chi connectivity index (χ1n) is 14.0. The number of ether oxygens (including phenoxy) is 2. The van der Waals surface area contributed by atoms with Crippen molar-refractivity contribution >= 4 is 35.7 Å². The quantitative estimate of drug-likeness (QED) is 0.107. The number of nitrogens with one attached hydrogen (secondary N) is 2. The van der Waals surface area contributed by atoms with Gasteiger partial charge in [-0.05, 0) is 73.6 Å². The molecule has 0 amide bonds. The van der Waals surface area contributed by atoms with Gasteiger partial charge in [0.1, 0.15) is 0 Å². The van der Waals surface area contributed by atoms with Crippen LogP contribution in [-0.4, -0.2) is 47.3 Å². The number of aryl methyl sites for hydroxylation is 1. The molecule has 216 valence electrons.